The summed E-state index contributed by atoms with van der Waals surface area (Å²) in [6.45, 7) is 0.148. The number of hydrogen-bond acceptors (Lipinski definition) is 6. The molecule has 0 atom stereocenters. The number of likely N-dealkylation sites (tertiary alicyclic amines) is 1. The first-order valence-electron chi connectivity index (χ1n) is 11.6. The second-order valence-electron chi connectivity index (χ2n) is 9.78. The number of alkyl halides is 2. The Morgan fingerprint density at radius 2 is 1.73 bits per heavy atom. The highest BCUT2D eigenvalue weighted by Crippen LogP contribution is 2.43. The van der Waals surface area contributed by atoms with Crippen molar-refractivity contribution in [1.29, 1.82) is 0 Å². The zero-order chi connectivity index (χ0) is 25.1. The van der Waals surface area contributed by atoms with Gasteiger partial charge in [-0.05, 0) is 48.2 Å². The SMILES string of the molecule is CS(=O)(=O)c1cccc(-c2cnn3cc(-c4ccc(OC5(CN6CC(F)(F)C6)CC5)cc4)cnc23)c1.Cl. The minimum absolute atomic E-state index is 0. The Bertz CT molecular complexity index is 1560. The van der Waals surface area contributed by atoms with Gasteiger partial charge in [0.1, 0.15) is 11.4 Å². The normalized spacial score (nSPS) is 18.1. The summed E-state index contributed by atoms with van der Waals surface area (Å²) in [5.74, 6) is -1.85. The average Bonchev–Trinajstić information content (AvgIpc) is 3.43. The quantitative estimate of drug-likeness (QED) is 0.333. The maximum atomic E-state index is 13.1. The molecule has 11 heteroatoms. The van der Waals surface area contributed by atoms with Crippen LogP contribution in [-0.4, -0.2) is 65.3 Å². The van der Waals surface area contributed by atoms with Crippen LogP contribution in [0.2, 0.25) is 0 Å². The van der Waals surface area contributed by atoms with Crippen LogP contribution >= 0.6 is 12.4 Å². The summed E-state index contributed by atoms with van der Waals surface area (Å²) in [5.41, 5.74) is 3.52. The Morgan fingerprint density at radius 3 is 2.38 bits per heavy atom. The lowest BCUT2D eigenvalue weighted by Gasteiger charge is -2.40. The number of hydrogen-bond donors (Lipinski definition) is 0. The van der Waals surface area contributed by atoms with E-state index in [1.165, 1.54) is 6.26 Å². The molecule has 2 aliphatic rings. The van der Waals surface area contributed by atoms with E-state index in [0.29, 0.717) is 17.9 Å². The van der Waals surface area contributed by atoms with Gasteiger partial charge in [0.2, 0.25) is 0 Å². The van der Waals surface area contributed by atoms with Gasteiger partial charge in [-0.2, -0.15) is 5.10 Å². The van der Waals surface area contributed by atoms with E-state index >= 15 is 0 Å². The smallest absolute Gasteiger partial charge is 0.272 e. The van der Waals surface area contributed by atoms with Gasteiger partial charge in [0, 0.05) is 36.3 Å². The third-order valence-corrected chi connectivity index (χ3v) is 7.79. The Kier molecular flexibility index (Phi) is 6.24. The number of sulfone groups is 1. The molecule has 2 aromatic heterocycles. The highest BCUT2D eigenvalue weighted by atomic mass is 35.5. The molecule has 4 aromatic rings. The van der Waals surface area contributed by atoms with Crippen molar-refractivity contribution in [3.05, 3.63) is 67.1 Å². The lowest BCUT2D eigenvalue weighted by molar-refractivity contribution is -0.139. The highest BCUT2D eigenvalue weighted by molar-refractivity contribution is 7.90. The summed E-state index contributed by atoms with van der Waals surface area (Å²) in [6.07, 6.45) is 8.21. The topological polar surface area (TPSA) is 76.8 Å². The first-order valence-corrected chi connectivity index (χ1v) is 13.5. The van der Waals surface area contributed by atoms with Crippen LogP contribution in [0.4, 0.5) is 8.78 Å². The van der Waals surface area contributed by atoms with Crippen molar-refractivity contribution in [2.75, 3.05) is 25.9 Å². The number of fused-ring (bicyclic) bond motifs is 1. The van der Waals surface area contributed by atoms with Crippen LogP contribution in [0.5, 0.6) is 5.75 Å². The monoisotopic (exact) mass is 546 g/mol. The van der Waals surface area contributed by atoms with Gasteiger partial charge in [0.05, 0.1) is 24.2 Å². The maximum Gasteiger partial charge on any atom is 0.272 e. The Morgan fingerprint density at radius 1 is 1.00 bits per heavy atom. The van der Waals surface area contributed by atoms with Crippen molar-refractivity contribution in [3.8, 4) is 28.0 Å². The molecule has 37 heavy (non-hydrogen) atoms. The average molecular weight is 547 g/mol. The lowest BCUT2D eigenvalue weighted by atomic mass is 10.1. The summed E-state index contributed by atoms with van der Waals surface area (Å²) in [7, 11) is -3.32. The molecular weight excluding hydrogens is 522 g/mol. The lowest BCUT2D eigenvalue weighted by Crippen LogP contribution is -2.58. The molecule has 2 fully saturated rings. The van der Waals surface area contributed by atoms with E-state index in [-0.39, 0.29) is 36.0 Å². The minimum atomic E-state index is -3.32. The number of nitrogens with zero attached hydrogens (tertiary/aromatic N) is 4. The molecular formula is C26H25ClF2N4O3S. The maximum absolute atomic E-state index is 13.1. The minimum Gasteiger partial charge on any atom is -0.486 e. The molecule has 0 radical (unpaired) electrons. The van der Waals surface area contributed by atoms with E-state index in [4.69, 9.17) is 4.74 Å². The van der Waals surface area contributed by atoms with Crippen LogP contribution in [0.3, 0.4) is 0 Å². The third kappa shape index (κ3) is 5.18. The van der Waals surface area contributed by atoms with Gasteiger partial charge < -0.3 is 4.74 Å². The van der Waals surface area contributed by atoms with Crippen molar-refractivity contribution < 1.29 is 21.9 Å². The molecule has 6 rings (SSSR count). The van der Waals surface area contributed by atoms with Crippen molar-refractivity contribution in [1.82, 2.24) is 19.5 Å². The second-order valence-corrected chi connectivity index (χ2v) is 11.8. The van der Waals surface area contributed by atoms with Crippen LogP contribution in [0.15, 0.2) is 72.0 Å². The van der Waals surface area contributed by atoms with Crippen LogP contribution in [-0.2, 0) is 9.84 Å². The fourth-order valence-corrected chi connectivity index (χ4v) is 5.31. The van der Waals surface area contributed by atoms with E-state index in [1.807, 2.05) is 36.5 Å². The molecule has 0 bridgehead atoms. The molecule has 7 nitrogen and oxygen atoms in total. The summed E-state index contributed by atoms with van der Waals surface area (Å²) < 4.78 is 58.0. The highest BCUT2D eigenvalue weighted by Gasteiger charge is 2.52. The molecule has 1 aliphatic heterocycles. The summed E-state index contributed by atoms with van der Waals surface area (Å²) >= 11 is 0. The van der Waals surface area contributed by atoms with E-state index in [9.17, 15) is 17.2 Å². The van der Waals surface area contributed by atoms with E-state index in [1.54, 1.807) is 40.0 Å². The van der Waals surface area contributed by atoms with Crippen molar-refractivity contribution in [2.24, 2.45) is 0 Å². The Balaban J connectivity index is 0.00000280. The first kappa shape index (κ1) is 25.6. The Labute approximate surface area is 219 Å². The van der Waals surface area contributed by atoms with Crippen LogP contribution in [0.25, 0.3) is 27.9 Å². The number of halogens is 3. The number of benzene rings is 2. The largest absolute Gasteiger partial charge is 0.486 e. The fraction of sp³-hybridized carbons (Fsp3) is 0.308. The second kappa shape index (κ2) is 9.04. The van der Waals surface area contributed by atoms with Gasteiger partial charge in [-0.25, -0.2) is 26.7 Å². The van der Waals surface area contributed by atoms with Crippen molar-refractivity contribution in [2.45, 2.75) is 29.3 Å². The standard InChI is InChI=1S/C26H24F2N4O3S.ClH/c1-36(33,34)22-4-2-3-19(11-22)23-13-30-32-14-20(12-29-24(23)32)18-5-7-21(8-6-18)35-25(9-10-25)15-31-16-26(27,28)17-31;/h2-8,11-14H,9-10,15-17H2,1H3;1H. The zero-order valence-corrected chi connectivity index (χ0v) is 21.6. The molecule has 0 spiro atoms. The molecule has 3 heterocycles. The van der Waals surface area contributed by atoms with E-state index in [2.05, 4.69) is 10.1 Å². The summed E-state index contributed by atoms with van der Waals surface area (Å²) in [6, 6.07) is 14.4. The molecule has 1 saturated carbocycles. The molecule has 0 unspecified atom stereocenters. The molecule has 194 valence electrons. The predicted octanol–water partition coefficient (Wildman–Crippen LogP) is 4.75. The van der Waals surface area contributed by atoms with Gasteiger partial charge >= 0.3 is 0 Å². The Hall–Kier alpha value is -3.08. The van der Waals surface area contributed by atoms with Crippen LogP contribution < -0.4 is 4.74 Å². The molecule has 1 aliphatic carbocycles. The number of rotatable bonds is 7. The summed E-state index contributed by atoms with van der Waals surface area (Å²) in [4.78, 5) is 6.58. The van der Waals surface area contributed by atoms with Gasteiger partial charge in [-0.1, -0.05) is 24.3 Å². The van der Waals surface area contributed by atoms with Crippen molar-refractivity contribution >= 4 is 27.9 Å². The fourth-order valence-electron chi connectivity index (χ4n) is 4.65. The molecule has 1 saturated heterocycles. The van der Waals surface area contributed by atoms with Gasteiger partial charge in [0.15, 0.2) is 15.5 Å². The molecule has 2 aromatic carbocycles. The van der Waals surface area contributed by atoms with Crippen LogP contribution in [0.1, 0.15) is 12.8 Å². The van der Waals surface area contributed by atoms with Gasteiger partial charge in [-0.15, -0.1) is 12.4 Å². The van der Waals surface area contributed by atoms with E-state index < -0.39 is 15.8 Å². The van der Waals surface area contributed by atoms with Crippen LogP contribution in [0, 0.1) is 0 Å². The van der Waals surface area contributed by atoms with Gasteiger partial charge in [-0.3, -0.25) is 4.90 Å². The first-order chi connectivity index (χ1) is 17.1. The molecule has 0 N–H and O–H groups in total. The number of ether oxygens (including phenoxy) is 1. The third-order valence-electron chi connectivity index (χ3n) is 6.68. The number of aromatic nitrogens is 3. The van der Waals surface area contributed by atoms with Gasteiger partial charge in [0.25, 0.3) is 5.92 Å². The zero-order valence-electron chi connectivity index (χ0n) is 20.0. The molecule has 0 amide bonds. The predicted molar refractivity (Wildman–Crippen MR) is 138 cm³/mol. The van der Waals surface area contributed by atoms with Crippen molar-refractivity contribution in [3.63, 3.8) is 0 Å². The summed E-state index contributed by atoms with van der Waals surface area (Å²) in [5, 5.41) is 4.42. The van der Waals surface area contributed by atoms with E-state index in [0.717, 1.165) is 35.1 Å².